The standard InChI is InChI=1S/C11H22O.C4H4O4.3H3N/c1-2-3-4-5-6-7-8-9-10-11-12;5-3(6)1-2-4(7)8;;;/h10-12H,2-9H2,1H3;1-2H,(H,5,6)(H,7,8);3*1H3/b;2-1-;;;. The Bertz CT molecular complexity index is 291. The van der Waals surface area contributed by atoms with Gasteiger partial charge in [0.1, 0.15) is 0 Å². The van der Waals surface area contributed by atoms with Crippen molar-refractivity contribution in [1.82, 2.24) is 18.5 Å². The van der Waals surface area contributed by atoms with Crippen molar-refractivity contribution in [1.29, 1.82) is 0 Å². The highest BCUT2D eigenvalue weighted by atomic mass is 16.4. The molecule has 0 atom stereocenters. The molecular formula is C15H35N3O5. The molecule has 0 saturated heterocycles. The second kappa shape index (κ2) is 28.3. The summed E-state index contributed by atoms with van der Waals surface area (Å²) in [4.78, 5) is 18.8. The van der Waals surface area contributed by atoms with Gasteiger partial charge in [-0.25, -0.2) is 0 Å². The van der Waals surface area contributed by atoms with E-state index < -0.39 is 11.9 Å². The van der Waals surface area contributed by atoms with Crippen molar-refractivity contribution in [3.63, 3.8) is 0 Å². The van der Waals surface area contributed by atoms with Crippen LogP contribution in [-0.2, 0) is 9.59 Å². The molecule has 0 aromatic carbocycles. The highest BCUT2D eigenvalue weighted by Crippen LogP contribution is 2.08. The van der Waals surface area contributed by atoms with Crippen molar-refractivity contribution in [3.05, 3.63) is 24.5 Å². The molecule has 23 heavy (non-hydrogen) atoms. The summed E-state index contributed by atoms with van der Waals surface area (Å²) < 4.78 is 0. The first-order valence-corrected chi connectivity index (χ1v) is 6.91. The summed E-state index contributed by atoms with van der Waals surface area (Å²) in [6, 6.07) is 0. The maximum Gasteiger partial charge on any atom is 0.0643 e. The van der Waals surface area contributed by atoms with Gasteiger partial charge in [-0.15, -0.1) is 0 Å². The van der Waals surface area contributed by atoms with E-state index in [1.165, 1.54) is 44.9 Å². The van der Waals surface area contributed by atoms with E-state index >= 15 is 0 Å². The van der Waals surface area contributed by atoms with Crippen molar-refractivity contribution in [2.45, 2.75) is 58.3 Å². The zero-order valence-electron chi connectivity index (χ0n) is 15.0. The van der Waals surface area contributed by atoms with E-state index in [1.807, 2.05) is 0 Å². The van der Waals surface area contributed by atoms with E-state index in [0.29, 0.717) is 12.2 Å². The summed E-state index contributed by atoms with van der Waals surface area (Å²) in [7, 11) is 0. The Hall–Kier alpha value is -1.90. The summed E-state index contributed by atoms with van der Waals surface area (Å²) in [5.41, 5.74) is 0. The second-order valence-electron chi connectivity index (χ2n) is 4.25. The van der Waals surface area contributed by atoms with Crippen molar-refractivity contribution in [2.75, 3.05) is 0 Å². The third kappa shape index (κ3) is 45.0. The first-order chi connectivity index (χ1) is 9.54. The molecule has 8 nitrogen and oxygen atoms in total. The molecule has 0 rings (SSSR count). The van der Waals surface area contributed by atoms with Crippen molar-refractivity contribution in [2.24, 2.45) is 0 Å². The number of carboxylic acids is 2. The molecule has 140 valence electrons. The fourth-order valence-corrected chi connectivity index (χ4v) is 1.42. The van der Waals surface area contributed by atoms with Crippen LogP contribution in [0.25, 0.3) is 0 Å². The van der Waals surface area contributed by atoms with E-state index in [4.69, 9.17) is 0 Å². The van der Waals surface area contributed by atoms with Gasteiger partial charge in [0, 0.05) is 0 Å². The van der Waals surface area contributed by atoms with Crippen LogP contribution in [0.4, 0.5) is 0 Å². The Morgan fingerprint density at radius 1 is 0.783 bits per heavy atom. The fourth-order valence-electron chi connectivity index (χ4n) is 1.42. The quantitative estimate of drug-likeness (QED) is 0.303. The minimum absolute atomic E-state index is 0. The molecule has 0 radical (unpaired) electrons. The van der Waals surface area contributed by atoms with Gasteiger partial charge in [-0.2, -0.15) is 6.26 Å². The third-order valence-corrected chi connectivity index (χ3v) is 2.43. The van der Waals surface area contributed by atoms with Crippen molar-refractivity contribution < 1.29 is 24.9 Å². The van der Waals surface area contributed by atoms with Crippen LogP contribution in [0.2, 0.25) is 0 Å². The highest BCUT2D eigenvalue weighted by molar-refractivity contribution is 5.87. The molecule has 0 bridgehead atoms. The molecule has 0 aliphatic heterocycles. The average Bonchev–Trinajstić information content (AvgIpc) is 2.40. The first kappa shape index (κ1) is 32.9. The van der Waals surface area contributed by atoms with Crippen LogP contribution in [0.15, 0.2) is 24.5 Å². The van der Waals surface area contributed by atoms with E-state index in [9.17, 15) is 24.9 Å². The molecule has 0 fully saturated rings. The van der Waals surface area contributed by atoms with Gasteiger partial charge < -0.3 is 43.4 Å². The van der Waals surface area contributed by atoms with E-state index in [-0.39, 0.29) is 18.5 Å². The summed E-state index contributed by atoms with van der Waals surface area (Å²) >= 11 is 0. The Morgan fingerprint density at radius 2 is 1.17 bits per heavy atom. The van der Waals surface area contributed by atoms with Crippen molar-refractivity contribution >= 4 is 11.9 Å². The number of allylic oxidation sites excluding steroid dienone is 1. The number of hydrogen-bond donors (Lipinski definition) is 3. The number of carboxylic acid groups (broad SMARTS) is 2. The SMILES string of the molecule is CCCCCCCCCC=C[O-].O=C([O-])/C=C\C(=O)[O-].[NH4+].[NH4+].[NH4+]. The maximum absolute atomic E-state index is 9.92. The zero-order valence-corrected chi connectivity index (χ0v) is 15.0. The van der Waals surface area contributed by atoms with Gasteiger partial charge >= 0.3 is 0 Å². The Morgan fingerprint density at radius 3 is 1.52 bits per heavy atom. The minimum Gasteiger partial charge on any atom is -0.878 e. The van der Waals surface area contributed by atoms with Gasteiger partial charge in [0.2, 0.25) is 0 Å². The Labute approximate surface area is 139 Å². The van der Waals surface area contributed by atoms with E-state index in [2.05, 4.69) is 6.92 Å². The van der Waals surface area contributed by atoms with Crippen LogP contribution in [0, 0.1) is 0 Å². The topological polar surface area (TPSA) is 213 Å². The van der Waals surface area contributed by atoms with Crippen LogP contribution >= 0.6 is 0 Å². The number of carbonyl (C=O) groups is 2. The second-order valence-corrected chi connectivity index (χ2v) is 4.25. The number of rotatable bonds is 10. The lowest BCUT2D eigenvalue weighted by atomic mass is 10.1. The summed E-state index contributed by atoms with van der Waals surface area (Å²) in [5.74, 6) is -3.09. The van der Waals surface area contributed by atoms with Crippen LogP contribution in [0.5, 0.6) is 0 Å². The number of hydrogen-bond acceptors (Lipinski definition) is 5. The predicted octanol–water partition coefficient (Wildman–Crippen LogP) is 1.17. The smallest absolute Gasteiger partial charge is 0.0643 e. The molecule has 0 unspecified atom stereocenters. The minimum atomic E-state index is -1.55. The normalized spacial score (nSPS) is 9.09. The fraction of sp³-hybridized carbons (Fsp3) is 0.600. The van der Waals surface area contributed by atoms with Gasteiger partial charge in [0.15, 0.2) is 0 Å². The van der Waals surface area contributed by atoms with Crippen LogP contribution < -0.4 is 33.8 Å². The van der Waals surface area contributed by atoms with Gasteiger partial charge in [0.25, 0.3) is 0 Å². The maximum atomic E-state index is 9.92. The predicted molar refractivity (Wildman–Crippen MR) is 88.9 cm³/mol. The van der Waals surface area contributed by atoms with Crippen LogP contribution in [0.1, 0.15) is 58.3 Å². The zero-order chi connectivity index (χ0) is 15.6. The number of unbranched alkanes of at least 4 members (excludes halogenated alkanes) is 7. The number of carbonyl (C=O) groups excluding carboxylic acids is 2. The van der Waals surface area contributed by atoms with Crippen molar-refractivity contribution in [3.8, 4) is 0 Å². The molecule has 0 aromatic rings. The lowest BCUT2D eigenvalue weighted by Crippen LogP contribution is -2.23. The number of quaternary nitrogens is 3. The molecule has 0 aromatic heterocycles. The molecule has 0 aliphatic rings. The average molecular weight is 337 g/mol. The van der Waals surface area contributed by atoms with E-state index in [1.54, 1.807) is 6.08 Å². The van der Waals surface area contributed by atoms with Crippen LogP contribution in [-0.4, -0.2) is 11.9 Å². The molecule has 0 aliphatic carbocycles. The summed E-state index contributed by atoms with van der Waals surface area (Å²) in [5, 5.41) is 28.8. The summed E-state index contributed by atoms with van der Waals surface area (Å²) in [6.45, 7) is 2.24. The largest absolute Gasteiger partial charge is 0.878 e. The van der Waals surface area contributed by atoms with Gasteiger partial charge in [0.05, 0.1) is 11.9 Å². The molecule has 12 N–H and O–H groups in total. The highest BCUT2D eigenvalue weighted by Gasteiger charge is 1.88. The lowest BCUT2D eigenvalue weighted by molar-refractivity contribution is -0.301. The Balaban J connectivity index is -0.0000000880. The molecular weight excluding hydrogens is 302 g/mol. The molecule has 0 heterocycles. The van der Waals surface area contributed by atoms with Crippen LogP contribution in [0.3, 0.4) is 0 Å². The summed E-state index contributed by atoms with van der Waals surface area (Å²) in [6.07, 6.45) is 13.6. The lowest BCUT2D eigenvalue weighted by Gasteiger charge is -1.99. The van der Waals surface area contributed by atoms with Gasteiger partial charge in [-0.3, -0.25) is 0 Å². The first-order valence-electron chi connectivity index (χ1n) is 6.91. The molecule has 8 heteroatoms. The molecule has 0 amide bonds. The number of aliphatic carboxylic acids is 2. The molecule has 0 saturated carbocycles. The Kier molecular flexibility index (Phi) is 40.4. The molecule has 0 spiro atoms. The van der Waals surface area contributed by atoms with Gasteiger partial charge in [-0.1, -0.05) is 51.5 Å². The van der Waals surface area contributed by atoms with Gasteiger partial charge in [-0.05, 0) is 25.0 Å². The monoisotopic (exact) mass is 337 g/mol. The third-order valence-electron chi connectivity index (χ3n) is 2.43. The van der Waals surface area contributed by atoms with E-state index in [0.717, 1.165) is 12.7 Å².